The molecule has 7 nitrogen and oxygen atoms in total. The van der Waals surface area contributed by atoms with Crippen LogP contribution in [0.15, 0.2) is 78.9 Å². The lowest BCUT2D eigenvalue weighted by Gasteiger charge is -2.43. The molecule has 0 aromatic heterocycles. The number of aryl methyl sites for hydroxylation is 1. The number of carbonyl (C=O) groups excluding carboxylic acids is 2. The number of methoxy groups -OCH3 is 1. The minimum atomic E-state index is -0.363. The van der Waals surface area contributed by atoms with Crippen LogP contribution in [0, 0.1) is 6.92 Å². The molecule has 1 amide bonds. The third-order valence-corrected chi connectivity index (χ3v) is 6.80. The Morgan fingerprint density at radius 2 is 1.63 bits per heavy atom. The van der Waals surface area contributed by atoms with Crippen LogP contribution < -0.4 is 4.90 Å². The summed E-state index contributed by atoms with van der Waals surface area (Å²) in [6.45, 7) is 6.01. The molecule has 0 saturated carbocycles. The Morgan fingerprint density at radius 3 is 2.29 bits per heavy atom. The normalized spacial score (nSPS) is 17.1. The first kappa shape index (κ1) is 27.2. The summed E-state index contributed by atoms with van der Waals surface area (Å²) < 4.78 is 16.9. The van der Waals surface area contributed by atoms with Gasteiger partial charge in [-0.3, -0.25) is 4.90 Å². The predicted molar refractivity (Wildman–Crippen MR) is 147 cm³/mol. The standard InChI is InChI=1S/C31H36N2O5/c1-4-37-30(34)26-17-23(2)18-27(19-26)32-16-15-28(29(21-32)36-3)33(20-24-11-7-5-8-12-24)31(35)38-22-25-13-9-6-10-14-25/h5-14,17-19,28-29H,4,15-16,20-22H2,1-3H3. The average Bonchev–Trinajstić information content (AvgIpc) is 2.95. The molecule has 38 heavy (non-hydrogen) atoms. The van der Waals surface area contributed by atoms with E-state index in [4.69, 9.17) is 14.2 Å². The number of rotatable bonds is 9. The summed E-state index contributed by atoms with van der Waals surface area (Å²) in [5, 5.41) is 0. The molecule has 0 bridgehead atoms. The van der Waals surface area contributed by atoms with Gasteiger partial charge in [0.2, 0.25) is 0 Å². The van der Waals surface area contributed by atoms with E-state index in [9.17, 15) is 9.59 Å². The van der Waals surface area contributed by atoms with Gasteiger partial charge in [0.05, 0.1) is 24.3 Å². The molecule has 0 spiro atoms. The highest BCUT2D eigenvalue weighted by molar-refractivity contribution is 5.91. The molecule has 0 aliphatic carbocycles. The van der Waals surface area contributed by atoms with Gasteiger partial charge in [0.1, 0.15) is 6.61 Å². The number of piperidine rings is 1. The maximum atomic E-state index is 13.4. The molecular weight excluding hydrogens is 480 g/mol. The van der Waals surface area contributed by atoms with Crippen LogP contribution in [-0.2, 0) is 27.4 Å². The first-order chi connectivity index (χ1) is 18.5. The van der Waals surface area contributed by atoms with Crippen molar-refractivity contribution in [1.29, 1.82) is 0 Å². The molecule has 1 fully saturated rings. The Morgan fingerprint density at radius 1 is 0.947 bits per heavy atom. The number of benzene rings is 3. The quantitative estimate of drug-likeness (QED) is 0.345. The molecule has 0 radical (unpaired) electrons. The van der Waals surface area contributed by atoms with Crippen molar-refractivity contribution in [3.63, 3.8) is 0 Å². The van der Waals surface area contributed by atoms with Crippen LogP contribution in [0.2, 0.25) is 0 Å². The lowest BCUT2D eigenvalue weighted by Crippen LogP contribution is -2.56. The van der Waals surface area contributed by atoms with Crippen molar-refractivity contribution in [3.8, 4) is 0 Å². The zero-order chi connectivity index (χ0) is 26.9. The second-order valence-electron chi connectivity index (χ2n) is 9.51. The number of esters is 1. The maximum absolute atomic E-state index is 13.4. The minimum Gasteiger partial charge on any atom is -0.462 e. The van der Waals surface area contributed by atoms with E-state index in [0.717, 1.165) is 22.4 Å². The Balaban J connectivity index is 1.53. The smallest absolute Gasteiger partial charge is 0.410 e. The van der Waals surface area contributed by atoms with Gasteiger partial charge in [-0.25, -0.2) is 9.59 Å². The van der Waals surface area contributed by atoms with Crippen LogP contribution in [0.25, 0.3) is 0 Å². The van der Waals surface area contributed by atoms with Crippen LogP contribution in [0.1, 0.15) is 40.4 Å². The summed E-state index contributed by atoms with van der Waals surface area (Å²) >= 11 is 0. The van der Waals surface area contributed by atoms with E-state index in [0.29, 0.717) is 38.2 Å². The fourth-order valence-electron chi connectivity index (χ4n) is 4.90. The second-order valence-corrected chi connectivity index (χ2v) is 9.51. The van der Waals surface area contributed by atoms with Crippen LogP contribution in [0.3, 0.4) is 0 Å². The highest BCUT2D eigenvalue weighted by Crippen LogP contribution is 2.28. The average molecular weight is 517 g/mol. The number of hydrogen-bond donors (Lipinski definition) is 0. The van der Waals surface area contributed by atoms with Gasteiger partial charge in [-0.05, 0) is 55.2 Å². The summed E-state index contributed by atoms with van der Waals surface area (Å²) in [5.74, 6) is -0.328. The Kier molecular flexibility index (Phi) is 9.38. The van der Waals surface area contributed by atoms with E-state index in [2.05, 4.69) is 11.0 Å². The van der Waals surface area contributed by atoms with E-state index < -0.39 is 0 Å². The fourth-order valence-corrected chi connectivity index (χ4v) is 4.90. The van der Waals surface area contributed by atoms with Gasteiger partial charge in [-0.1, -0.05) is 60.7 Å². The van der Waals surface area contributed by atoms with Crippen molar-refractivity contribution in [2.24, 2.45) is 0 Å². The van der Waals surface area contributed by atoms with Crippen molar-refractivity contribution in [1.82, 2.24) is 4.90 Å². The van der Waals surface area contributed by atoms with Gasteiger partial charge in [0, 0.05) is 32.4 Å². The van der Waals surface area contributed by atoms with Crippen molar-refractivity contribution in [2.45, 2.75) is 45.6 Å². The number of anilines is 1. The summed E-state index contributed by atoms with van der Waals surface area (Å²) in [5.41, 5.74) is 4.43. The largest absolute Gasteiger partial charge is 0.462 e. The SMILES string of the molecule is CCOC(=O)c1cc(C)cc(N2CCC(N(Cc3ccccc3)C(=O)OCc3ccccc3)C(OC)C2)c1. The minimum absolute atomic E-state index is 0.172. The number of ether oxygens (including phenoxy) is 3. The van der Waals surface area contributed by atoms with Gasteiger partial charge < -0.3 is 19.1 Å². The van der Waals surface area contributed by atoms with Crippen LogP contribution >= 0.6 is 0 Å². The summed E-state index contributed by atoms with van der Waals surface area (Å²) in [6.07, 6.45) is 0.0794. The first-order valence-corrected chi connectivity index (χ1v) is 13.1. The molecule has 1 aliphatic heterocycles. The van der Waals surface area contributed by atoms with Crippen molar-refractivity contribution in [2.75, 3.05) is 31.7 Å². The first-order valence-electron chi connectivity index (χ1n) is 13.1. The summed E-state index contributed by atoms with van der Waals surface area (Å²) in [6, 6.07) is 25.2. The third kappa shape index (κ3) is 6.92. The highest BCUT2D eigenvalue weighted by atomic mass is 16.6. The zero-order valence-corrected chi connectivity index (χ0v) is 22.3. The van der Waals surface area contributed by atoms with Gasteiger partial charge >= 0.3 is 12.1 Å². The number of hydrogen-bond acceptors (Lipinski definition) is 6. The van der Waals surface area contributed by atoms with Crippen molar-refractivity contribution >= 4 is 17.7 Å². The van der Waals surface area contributed by atoms with Crippen molar-refractivity contribution in [3.05, 3.63) is 101 Å². The number of carbonyl (C=O) groups is 2. The molecule has 200 valence electrons. The van der Waals surface area contributed by atoms with Crippen molar-refractivity contribution < 1.29 is 23.8 Å². The predicted octanol–water partition coefficient (Wildman–Crippen LogP) is 5.60. The molecule has 1 saturated heterocycles. The molecule has 2 atom stereocenters. The summed E-state index contributed by atoms with van der Waals surface area (Å²) in [4.78, 5) is 29.8. The Hall–Kier alpha value is -3.84. The van der Waals surface area contributed by atoms with E-state index in [1.165, 1.54) is 0 Å². The summed E-state index contributed by atoms with van der Waals surface area (Å²) in [7, 11) is 1.68. The van der Waals surface area contributed by atoms with Gasteiger partial charge in [-0.15, -0.1) is 0 Å². The molecule has 3 aromatic carbocycles. The van der Waals surface area contributed by atoms with Gasteiger partial charge in [0.15, 0.2) is 0 Å². The van der Waals surface area contributed by atoms with E-state index in [-0.39, 0.29) is 30.8 Å². The highest BCUT2D eigenvalue weighted by Gasteiger charge is 2.37. The lowest BCUT2D eigenvalue weighted by molar-refractivity contribution is -0.00331. The molecule has 1 aliphatic rings. The fraction of sp³-hybridized carbons (Fsp3) is 0.355. The molecule has 4 rings (SSSR count). The molecular formula is C31H36N2O5. The lowest BCUT2D eigenvalue weighted by atomic mass is 9.98. The van der Waals surface area contributed by atoms with Crippen LogP contribution in [0.4, 0.5) is 10.5 Å². The molecule has 3 aromatic rings. The van der Waals surface area contributed by atoms with E-state index in [1.54, 1.807) is 18.9 Å². The zero-order valence-electron chi connectivity index (χ0n) is 22.3. The van der Waals surface area contributed by atoms with Gasteiger partial charge in [0.25, 0.3) is 0 Å². The monoisotopic (exact) mass is 516 g/mol. The van der Waals surface area contributed by atoms with E-state index >= 15 is 0 Å². The number of amides is 1. The van der Waals surface area contributed by atoms with E-state index in [1.807, 2.05) is 79.7 Å². The topological polar surface area (TPSA) is 68.3 Å². The molecule has 7 heteroatoms. The number of nitrogens with zero attached hydrogens (tertiary/aromatic N) is 2. The molecule has 0 N–H and O–H groups in total. The van der Waals surface area contributed by atoms with Crippen LogP contribution in [0.5, 0.6) is 0 Å². The molecule has 1 heterocycles. The molecule has 2 unspecified atom stereocenters. The van der Waals surface area contributed by atoms with Crippen LogP contribution in [-0.4, -0.2) is 55.9 Å². The third-order valence-electron chi connectivity index (χ3n) is 6.80. The maximum Gasteiger partial charge on any atom is 0.410 e. The second kappa shape index (κ2) is 13.1. The Bertz CT molecular complexity index is 1200. The Labute approximate surface area is 224 Å². The van der Waals surface area contributed by atoms with Gasteiger partial charge in [-0.2, -0.15) is 0 Å².